The van der Waals surface area contributed by atoms with E-state index < -0.39 is 0 Å². The SMILES string of the molecule is COc1ccc(Cn2c(=O)c(-c3[c]cccc3)nc3ccc(OC)cc32)cc1. The molecule has 0 amide bonds. The lowest BCUT2D eigenvalue weighted by Gasteiger charge is -2.14. The molecule has 0 aliphatic heterocycles. The summed E-state index contributed by atoms with van der Waals surface area (Å²) >= 11 is 0. The van der Waals surface area contributed by atoms with Crippen LogP contribution in [-0.4, -0.2) is 23.8 Å². The van der Waals surface area contributed by atoms with Crippen molar-refractivity contribution in [2.45, 2.75) is 6.54 Å². The third kappa shape index (κ3) is 3.34. The molecule has 139 valence electrons. The van der Waals surface area contributed by atoms with E-state index in [1.165, 1.54) is 0 Å². The zero-order valence-corrected chi connectivity index (χ0v) is 15.7. The first-order valence-corrected chi connectivity index (χ1v) is 8.88. The molecule has 3 aromatic carbocycles. The third-order valence-electron chi connectivity index (χ3n) is 4.62. The van der Waals surface area contributed by atoms with E-state index in [9.17, 15) is 4.79 Å². The van der Waals surface area contributed by atoms with Crippen LogP contribution in [0.2, 0.25) is 0 Å². The highest BCUT2D eigenvalue weighted by Crippen LogP contribution is 2.22. The zero-order chi connectivity index (χ0) is 19.5. The zero-order valence-electron chi connectivity index (χ0n) is 15.7. The third-order valence-corrected chi connectivity index (χ3v) is 4.62. The van der Waals surface area contributed by atoms with Gasteiger partial charge in [0.05, 0.1) is 31.8 Å². The van der Waals surface area contributed by atoms with Gasteiger partial charge in [0.25, 0.3) is 5.56 Å². The number of hydrogen-bond acceptors (Lipinski definition) is 4. The van der Waals surface area contributed by atoms with Gasteiger partial charge in [0, 0.05) is 11.6 Å². The molecule has 5 heteroatoms. The molecule has 0 aliphatic carbocycles. The highest BCUT2D eigenvalue weighted by atomic mass is 16.5. The molecule has 0 N–H and O–H groups in total. The number of fused-ring (bicyclic) bond motifs is 1. The van der Waals surface area contributed by atoms with Crippen molar-refractivity contribution >= 4 is 11.0 Å². The van der Waals surface area contributed by atoms with Gasteiger partial charge >= 0.3 is 0 Å². The van der Waals surface area contributed by atoms with E-state index in [0.717, 1.165) is 22.3 Å². The number of methoxy groups -OCH3 is 2. The Balaban J connectivity index is 1.92. The summed E-state index contributed by atoms with van der Waals surface area (Å²) in [5, 5.41) is 0. The van der Waals surface area contributed by atoms with E-state index in [2.05, 4.69) is 11.1 Å². The Labute approximate surface area is 162 Å². The van der Waals surface area contributed by atoms with Gasteiger partial charge in [0.15, 0.2) is 0 Å². The molecule has 0 fully saturated rings. The fourth-order valence-corrected chi connectivity index (χ4v) is 3.13. The van der Waals surface area contributed by atoms with Crippen molar-refractivity contribution in [1.82, 2.24) is 9.55 Å². The predicted molar refractivity (Wildman–Crippen MR) is 109 cm³/mol. The summed E-state index contributed by atoms with van der Waals surface area (Å²) in [5.41, 5.74) is 3.32. The lowest BCUT2D eigenvalue weighted by atomic mass is 10.1. The minimum Gasteiger partial charge on any atom is -0.497 e. The van der Waals surface area contributed by atoms with Gasteiger partial charge in [-0.05, 0) is 35.9 Å². The van der Waals surface area contributed by atoms with Crippen LogP contribution in [-0.2, 0) is 6.54 Å². The summed E-state index contributed by atoms with van der Waals surface area (Å²) in [7, 11) is 3.23. The molecule has 0 bridgehead atoms. The molecule has 1 radical (unpaired) electrons. The molecular formula is C23H19N2O3. The highest BCUT2D eigenvalue weighted by Gasteiger charge is 2.14. The van der Waals surface area contributed by atoms with Gasteiger partial charge in [0.1, 0.15) is 17.2 Å². The molecule has 28 heavy (non-hydrogen) atoms. The standard InChI is InChI=1S/C23H19N2O3/c1-27-18-10-8-16(9-11-18)15-25-21-14-19(28-2)12-13-20(21)24-22(23(25)26)17-6-4-3-5-7-17/h3-6,8-14H,15H2,1-2H3. The number of aromatic nitrogens is 2. The van der Waals surface area contributed by atoms with Crippen LogP contribution < -0.4 is 15.0 Å². The van der Waals surface area contributed by atoms with E-state index in [4.69, 9.17) is 9.47 Å². The highest BCUT2D eigenvalue weighted by molar-refractivity contribution is 5.79. The topological polar surface area (TPSA) is 53.4 Å². The number of hydrogen-bond donors (Lipinski definition) is 0. The maximum Gasteiger partial charge on any atom is 0.277 e. The summed E-state index contributed by atoms with van der Waals surface area (Å²) < 4.78 is 12.3. The van der Waals surface area contributed by atoms with Crippen molar-refractivity contribution in [3.05, 3.63) is 88.7 Å². The Hall–Kier alpha value is -3.60. The second-order valence-electron chi connectivity index (χ2n) is 6.33. The molecule has 0 unspecified atom stereocenters. The van der Waals surface area contributed by atoms with Gasteiger partial charge in [-0.1, -0.05) is 36.4 Å². The Kier molecular flexibility index (Phi) is 4.81. The summed E-state index contributed by atoms with van der Waals surface area (Å²) in [4.78, 5) is 17.9. The molecule has 5 nitrogen and oxygen atoms in total. The second kappa shape index (κ2) is 7.56. The maximum atomic E-state index is 13.3. The number of benzene rings is 3. The summed E-state index contributed by atoms with van der Waals surface area (Å²) in [6.07, 6.45) is 0. The number of nitrogens with zero attached hydrogens (tertiary/aromatic N) is 2. The van der Waals surface area contributed by atoms with Gasteiger partial charge in [-0.3, -0.25) is 4.79 Å². The van der Waals surface area contributed by atoms with Crippen LogP contribution >= 0.6 is 0 Å². The molecule has 0 aliphatic rings. The minimum atomic E-state index is -0.168. The van der Waals surface area contributed by atoms with Crippen LogP contribution in [0, 0.1) is 6.07 Å². The van der Waals surface area contributed by atoms with Crippen LogP contribution in [0.1, 0.15) is 5.56 Å². The summed E-state index contributed by atoms with van der Waals surface area (Å²) in [6.45, 7) is 0.412. The summed E-state index contributed by atoms with van der Waals surface area (Å²) in [6, 6.07) is 23.7. The van der Waals surface area contributed by atoms with E-state index in [0.29, 0.717) is 23.6 Å². The minimum absolute atomic E-state index is 0.168. The van der Waals surface area contributed by atoms with Crippen molar-refractivity contribution in [3.63, 3.8) is 0 Å². The lowest BCUT2D eigenvalue weighted by Crippen LogP contribution is -2.24. The molecule has 0 saturated carbocycles. The van der Waals surface area contributed by atoms with E-state index in [1.807, 2.05) is 60.7 Å². The van der Waals surface area contributed by atoms with Gasteiger partial charge in [-0.15, -0.1) is 0 Å². The fourth-order valence-electron chi connectivity index (χ4n) is 3.13. The Morgan fingerprint density at radius 3 is 2.39 bits per heavy atom. The van der Waals surface area contributed by atoms with Gasteiger partial charge in [-0.2, -0.15) is 0 Å². The predicted octanol–water partition coefficient (Wildman–Crippen LogP) is 3.93. The van der Waals surface area contributed by atoms with E-state index in [-0.39, 0.29) is 5.56 Å². The maximum absolute atomic E-state index is 13.3. The normalized spacial score (nSPS) is 10.8. The Morgan fingerprint density at radius 2 is 1.71 bits per heavy atom. The largest absolute Gasteiger partial charge is 0.497 e. The molecule has 4 rings (SSSR count). The molecule has 0 saturated heterocycles. The molecule has 4 aromatic rings. The van der Waals surface area contributed by atoms with E-state index >= 15 is 0 Å². The first-order valence-electron chi connectivity index (χ1n) is 8.88. The van der Waals surface area contributed by atoms with Crippen LogP contribution in [0.5, 0.6) is 11.5 Å². The lowest BCUT2D eigenvalue weighted by molar-refractivity contribution is 0.414. The average Bonchev–Trinajstić information content (AvgIpc) is 2.76. The fraction of sp³-hybridized carbons (Fsp3) is 0.130. The number of ether oxygens (including phenoxy) is 2. The van der Waals surface area contributed by atoms with Crippen LogP contribution in [0.4, 0.5) is 0 Å². The van der Waals surface area contributed by atoms with Gasteiger partial charge in [-0.25, -0.2) is 4.98 Å². The van der Waals surface area contributed by atoms with E-state index in [1.54, 1.807) is 24.9 Å². The van der Waals surface area contributed by atoms with Crippen LogP contribution in [0.3, 0.4) is 0 Å². The van der Waals surface area contributed by atoms with Crippen molar-refractivity contribution in [2.75, 3.05) is 14.2 Å². The van der Waals surface area contributed by atoms with Crippen LogP contribution in [0.15, 0.2) is 71.5 Å². The number of rotatable bonds is 5. The first-order chi connectivity index (χ1) is 13.7. The van der Waals surface area contributed by atoms with Crippen molar-refractivity contribution in [3.8, 4) is 22.8 Å². The quantitative estimate of drug-likeness (QED) is 0.533. The van der Waals surface area contributed by atoms with Crippen LogP contribution in [0.25, 0.3) is 22.3 Å². The Bertz CT molecular complexity index is 1170. The molecular weight excluding hydrogens is 352 g/mol. The van der Waals surface area contributed by atoms with Crippen molar-refractivity contribution < 1.29 is 9.47 Å². The average molecular weight is 371 g/mol. The van der Waals surface area contributed by atoms with Crippen molar-refractivity contribution in [1.29, 1.82) is 0 Å². The summed E-state index contributed by atoms with van der Waals surface area (Å²) in [5.74, 6) is 1.45. The second-order valence-corrected chi connectivity index (χ2v) is 6.33. The van der Waals surface area contributed by atoms with Crippen molar-refractivity contribution in [2.24, 2.45) is 0 Å². The first kappa shape index (κ1) is 17.8. The molecule has 0 spiro atoms. The molecule has 1 aromatic heterocycles. The monoisotopic (exact) mass is 371 g/mol. The van der Waals surface area contributed by atoms with Gasteiger partial charge in [0.2, 0.25) is 0 Å². The smallest absolute Gasteiger partial charge is 0.277 e. The van der Waals surface area contributed by atoms with Gasteiger partial charge < -0.3 is 14.0 Å². The molecule has 0 atom stereocenters. The Morgan fingerprint density at radius 1 is 0.964 bits per heavy atom. The molecule has 1 heterocycles.